The second-order valence-electron chi connectivity index (χ2n) is 5.80. The summed E-state index contributed by atoms with van der Waals surface area (Å²) in [5, 5.41) is 0.990. The zero-order valence-corrected chi connectivity index (χ0v) is 12.9. The number of benzene rings is 1. The van der Waals surface area contributed by atoms with E-state index < -0.39 is 5.60 Å². The molecule has 1 heterocycles. The SMILES string of the molecule is CC1(C)C=C(c2ccc(Cl)cc2Cl)C(=O)OC1(C)C. The normalized spacial score (nSPS) is 20.7. The van der Waals surface area contributed by atoms with Gasteiger partial charge in [-0.3, -0.25) is 0 Å². The van der Waals surface area contributed by atoms with E-state index in [0.717, 1.165) is 0 Å². The van der Waals surface area contributed by atoms with Gasteiger partial charge in [-0.1, -0.05) is 49.2 Å². The van der Waals surface area contributed by atoms with Gasteiger partial charge in [-0.2, -0.15) is 0 Å². The van der Waals surface area contributed by atoms with Crippen molar-refractivity contribution in [2.24, 2.45) is 5.41 Å². The second kappa shape index (κ2) is 4.53. The second-order valence-corrected chi connectivity index (χ2v) is 6.65. The molecule has 1 aliphatic heterocycles. The highest BCUT2D eigenvalue weighted by Crippen LogP contribution is 2.43. The lowest BCUT2D eigenvalue weighted by atomic mass is 9.73. The number of hydrogen-bond donors (Lipinski definition) is 0. The zero-order valence-electron chi connectivity index (χ0n) is 11.4. The van der Waals surface area contributed by atoms with E-state index >= 15 is 0 Å². The van der Waals surface area contributed by atoms with E-state index in [1.807, 2.05) is 33.8 Å². The van der Waals surface area contributed by atoms with E-state index in [9.17, 15) is 4.79 Å². The molecule has 4 heteroatoms. The fourth-order valence-corrected chi connectivity index (χ4v) is 2.42. The first kappa shape index (κ1) is 14.4. The molecule has 0 spiro atoms. The molecule has 0 fully saturated rings. The van der Waals surface area contributed by atoms with E-state index in [1.165, 1.54) is 0 Å². The molecule has 2 rings (SSSR count). The van der Waals surface area contributed by atoms with Gasteiger partial charge in [0.15, 0.2) is 0 Å². The van der Waals surface area contributed by atoms with Crippen LogP contribution in [0.5, 0.6) is 0 Å². The molecule has 0 saturated carbocycles. The Kier molecular flexibility index (Phi) is 3.44. The van der Waals surface area contributed by atoms with E-state index in [-0.39, 0.29) is 11.4 Å². The Labute approximate surface area is 123 Å². The van der Waals surface area contributed by atoms with E-state index in [1.54, 1.807) is 18.2 Å². The Morgan fingerprint density at radius 1 is 1.11 bits per heavy atom. The minimum atomic E-state index is -0.549. The fraction of sp³-hybridized carbons (Fsp3) is 0.400. The number of halogens is 2. The van der Waals surface area contributed by atoms with Gasteiger partial charge in [0.2, 0.25) is 0 Å². The van der Waals surface area contributed by atoms with Gasteiger partial charge in [0.1, 0.15) is 5.60 Å². The van der Waals surface area contributed by atoms with Crippen LogP contribution >= 0.6 is 23.2 Å². The number of hydrogen-bond acceptors (Lipinski definition) is 2. The summed E-state index contributed by atoms with van der Waals surface area (Å²) in [6.45, 7) is 7.87. The van der Waals surface area contributed by atoms with Crippen molar-refractivity contribution < 1.29 is 9.53 Å². The van der Waals surface area contributed by atoms with Crippen molar-refractivity contribution in [2.45, 2.75) is 33.3 Å². The summed E-state index contributed by atoms with van der Waals surface area (Å²) in [6, 6.07) is 5.08. The summed E-state index contributed by atoms with van der Waals surface area (Å²) < 4.78 is 5.54. The highest BCUT2D eigenvalue weighted by molar-refractivity contribution is 6.37. The van der Waals surface area contributed by atoms with E-state index in [2.05, 4.69) is 0 Å². The quantitative estimate of drug-likeness (QED) is 0.700. The van der Waals surface area contributed by atoms with Crippen LogP contribution in [0.2, 0.25) is 10.0 Å². The summed E-state index contributed by atoms with van der Waals surface area (Å²) in [4.78, 5) is 12.2. The molecule has 1 aliphatic rings. The highest BCUT2D eigenvalue weighted by Gasteiger charge is 2.44. The van der Waals surface area contributed by atoms with E-state index in [0.29, 0.717) is 21.2 Å². The predicted molar refractivity (Wildman–Crippen MR) is 78.4 cm³/mol. The number of ether oxygens (including phenoxy) is 1. The van der Waals surface area contributed by atoms with Crippen LogP contribution in [0.4, 0.5) is 0 Å². The lowest BCUT2D eigenvalue weighted by Gasteiger charge is -2.42. The molecule has 1 aromatic carbocycles. The Hall–Kier alpha value is -0.990. The molecule has 102 valence electrons. The third kappa shape index (κ3) is 2.52. The molecule has 0 amide bonds. The Balaban J connectivity index is 2.56. The maximum atomic E-state index is 12.2. The zero-order chi connectivity index (χ0) is 14.4. The molecule has 19 heavy (non-hydrogen) atoms. The molecule has 0 radical (unpaired) electrons. The van der Waals surface area contributed by atoms with Crippen molar-refractivity contribution in [3.8, 4) is 0 Å². The Morgan fingerprint density at radius 2 is 1.74 bits per heavy atom. The van der Waals surface area contributed by atoms with Crippen molar-refractivity contribution in [2.75, 3.05) is 0 Å². The Bertz CT molecular complexity index is 572. The van der Waals surface area contributed by atoms with Gasteiger partial charge >= 0.3 is 5.97 Å². The van der Waals surface area contributed by atoms with Gasteiger partial charge in [0.25, 0.3) is 0 Å². The largest absolute Gasteiger partial charge is 0.455 e. The minimum Gasteiger partial charge on any atom is -0.455 e. The van der Waals surface area contributed by atoms with Gasteiger partial charge in [0, 0.05) is 16.0 Å². The molecule has 0 saturated heterocycles. The van der Waals surface area contributed by atoms with Crippen LogP contribution in [0.15, 0.2) is 24.3 Å². The van der Waals surface area contributed by atoms with Crippen LogP contribution in [0.3, 0.4) is 0 Å². The molecule has 0 atom stereocenters. The molecule has 0 aromatic heterocycles. The van der Waals surface area contributed by atoms with Crippen LogP contribution in [0.1, 0.15) is 33.3 Å². The van der Waals surface area contributed by atoms with Crippen molar-refractivity contribution >= 4 is 34.7 Å². The van der Waals surface area contributed by atoms with Gasteiger partial charge in [-0.15, -0.1) is 0 Å². The lowest BCUT2D eigenvalue weighted by Crippen LogP contribution is -2.45. The summed E-state index contributed by atoms with van der Waals surface area (Å²) in [5.41, 5.74) is 0.316. The third-order valence-corrected chi connectivity index (χ3v) is 4.39. The van der Waals surface area contributed by atoms with Crippen LogP contribution in [-0.2, 0) is 9.53 Å². The smallest absolute Gasteiger partial charge is 0.339 e. The molecular formula is C15H16Cl2O2. The van der Waals surface area contributed by atoms with Crippen LogP contribution < -0.4 is 0 Å². The van der Waals surface area contributed by atoms with Gasteiger partial charge in [-0.25, -0.2) is 4.79 Å². The molecule has 0 aliphatic carbocycles. The number of rotatable bonds is 1. The summed E-state index contributed by atoms with van der Waals surface area (Å²) in [5.74, 6) is -0.353. The van der Waals surface area contributed by atoms with Gasteiger partial charge < -0.3 is 4.74 Å². The molecule has 2 nitrogen and oxygen atoms in total. The molecule has 0 N–H and O–H groups in total. The molecule has 0 unspecified atom stereocenters. The van der Waals surface area contributed by atoms with Crippen LogP contribution in [0.25, 0.3) is 5.57 Å². The standard InChI is InChI=1S/C15H16Cl2O2/c1-14(2)8-11(13(18)19-15(14,3)4)10-6-5-9(16)7-12(10)17/h5-8H,1-4H3. The first-order valence-electron chi connectivity index (χ1n) is 6.06. The average molecular weight is 299 g/mol. The minimum absolute atomic E-state index is 0.279. The lowest BCUT2D eigenvalue weighted by molar-refractivity contribution is -0.160. The van der Waals surface area contributed by atoms with Crippen LogP contribution in [-0.4, -0.2) is 11.6 Å². The summed E-state index contributed by atoms with van der Waals surface area (Å²) >= 11 is 12.0. The topological polar surface area (TPSA) is 26.3 Å². The molecule has 0 bridgehead atoms. The number of carbonyl (C=O) groups excluding carboxylic acids is 1. The first-order chi connectivity index (χ1) is 8.64. The molecule has 1 aromatic rings. The molecular weight excluding hydrogens is 283 g/mol. The predicted octanol–water partition coefficient (Wildman–Crippen LogP) is 4.74. The summed E-state index contributed by atoms with van der Waals surface area (Å²) in [7, 11) is 0. The van der Waals surface area contributed by atoms with E-state index in [4.69, 9.17) is 27.9 Å². The van der Waals surface area contributed by atoms with Gasteiger partial charge in [0.05, 0.1) is 10.6 Å². The third-order valence-electron chi connectivity index (χ3n) is 3.85. The average Bonchev–Trinajstić information content (AvgIpc) is 2.24. The van der Waals surface area contributed by atoms with Gasteiger partial charge in [-0.05, 0) is 26.0 Å². The van der Waals surface area contributed by atoms with Crippen molar-refractivity contribution in [1.29, 1.82) is 0 Å². The van der Waals surface area contributed by atoms with Crippen molar-refractivity contribution in [1.82, 2.24) is 0 Å². The Morgan fingerprint density at radius 3 is 2.32 bits per heavy atom. The maximum absolute atomic E-state index is 12.2. The summed E-state index contributed by atoms with van der Waals surface area (Å²) in [6.07, 6.45) is 1.92. The highest BCUT2D eigenvalue weighted by atomic mass is 35.5. The monoisotopic (exact) mass is 298 g/mol. The number of esters is 1. The fourth-order valence-electron chi connectivity index (χ4n) is 1.91. The van der Waals surface area contributed by atoms with Crippen LogP contribution in [0, 0.1) is 5.41 Å². The van der Waals surface area contributed by atoms with Crippen molar-refractivity contribution in [3.05, 3.63) is 39.9 Å². The van der Waals surface area contributed by atoms with Crippen molar-refractivity contribution in [3.63, 3.8) is 0 Å². The number of cyclic esters (lactones) is 1. The maximum Gasteiger partial charge on any atom is 0.339 e. The number of carbonyl (C=O) groups is 1. The first-order valence-corrected chi connectivity index (χ1v) is 6.81.